The minimum absolute atomic E-state index is 0.323. The van der Waals surface area contributed by atoms with Crippen molar-refractivity contribution in [2.24, 2.45) is 17.6 Å². The lowest BCUT2D eigenvalue weighted by atomic mass is 10.0. The number of carbonyl (C=O) groups is 1. The van der Waals surface area contributed by atoms with Gasteiger partial charge in [0.2, 0.25) is 5.91 Å². The van der Waals surface area contributed by atoms with Gasteiger partial charge >= 0.3 is 0 Å². The fourth-order valence-corrected chi connectivity index (χ4v) is 2.08. The van der Waals surface area contributed by atoms with E-state index >= 15 is 0 Å². The minimum Gasteiger partial charge on any atom is -0.342 e. The van der Waals surface area contributed by atoms with Crippen molar-refractivity contribution >= 4 is 5.91 Å². The Morgan fingerprint density at radius 3 is 2.93 bits per heavy atom. The van der Waals surface area contributed by atoms with Crippen LogP contribution in [0.1, 0.15) is 33.1 Å². The molecule has 14 heavy (non-hydrogen) atoms. The fraction of sp³-hybridized carbons (Fsp3) is 0.909. The van der Waals surface area contributed by atoms with Gasteiger partial charge in [-0.25, -0.2) is 0 Å². The standard InChI is InChI=1S/C11H22N2O/c1-3-4-10-5-11(14)13(8-10)7-9(2)6-12/h9-10H,3-8,12H2,1-2H3. The molecule has 0 spiro atoms. The van der Waals surface area contributed by atoms with Crippen molar-refractivity contribution in [2.45, 2.75) is 33.1 Å². The Morgan fingerprint density at radius 1 is 1.64 bits per heavy atom. The van der Waals surface area contributed by atoms with E-state index in [1.54, 1.807) is 0 Å². The number of likely N-dealkylation sites (tertiary alicyclic amines) is 1. The van der Waals surface area contributed by atoms with Gasteiger partial charge in [0.1, 0.15) is 0 Å². The van der Waals surface area contributed by atoms with Crippen molar-refractivity contribution in [3.8, 4) is 0 Å². The molecule has 1 aliphatic heterocycles. The normalized spacial score (nSPS) is 24.4. The Morgan fingerprint density at radius 2 is 2.36 bits per heavy atom. The highest BCUT2D eigenvalue weighted by atomic mass is 16.2. The van der Waals surface area contributed by atoms with Gasteiger partial charge in [-0.1, -0.05) is 20.3 Å². The highest BCUT2D eigenvalue weighted by Crippen LogP contribution is 2.22. The fourth-order valence-electron chi connectivity index (χ4n) is 2.08. The van der Waals surface area contributed by atoms with E-state index in [0.717, 1.165) is 19.5 Å². The molecular formula is C11H22N2O. The van der Waals surface area contributed by atoms with Crippen LogP contribution >= 0.6 is 0 Å². The van der Waals surface area contributed by atoms with Gasteiger partial charge in [0.25, 0.3) is 0 Å². The summed E-state index contributed by atoms with van der Waals surface area (Å²) in [6.07, 6.45) is 3.11. The molecule has 0 aliphatic carbocycles. The van der Waals surface area contributed by atoms with E-state index in [9.17, 15) is 4.79 Å². The molecule has 1 heterocycles. The third-order valence-electron chi connectivity index (χ3n) is 2.93. The van der Waals surface area contributed by atoms with Crippen LogP contribution in [-0.4, -0.2) is 30.4 Å². The van der Waals surface area contributed by atoms with E-state index < -0.39 is 0 Å². The molecule has 1 amide bonds. The topological polar surface area (TPSA) is 46.3 Å². The highest BCUT2D eigenvalue weighted by Gasteiger charge is 2.29. The first-order chi connectivity index (χ1) is 6.67. The summed E-state index contributed by atoms with van der Waals surface area (Å²) in [6, 6.07) is 0. The lowest BCUT2D eigenvalue weighted by Gasteiger charge is -2.20. The molecular weight excluding hydrogens is 176 g/mol. The van der Waals surface area contributed by atoms with E-state index in [0.29, 0.717) is 24.3 Å². The third-order valence-corrected chi connectivity index (χ3v) is 2.93. The van der Waals surface area contributed by atoms with Crippen molar-refractivity contribution in [1.82, 2.24) is 4.90 Å². The first-order valence-corrected chi connectivity index (χ1v) is 5.65. The molecule has 0 aromatic rings. The van der Waals surface area contributed by atoms with E-state index in [4.69, 9.17) is 5.73 Å². The summed E-state index contributed by atoms with van der Waals surface area (Å²) < 4.78 is 0. The van der Waals surface area contributed by atoms with Gasteiger partial charge in [0.15, 0.2) is 0 Å². The average Bonchev–Trinajstić information content (AvgIpc) is 2.47. The second-order valence-electron chi connectivity index (χ2n) is 4.50. The van der Waals surface area contributed by atoms with E-state index in [2.05, 4.69) is 13.8 Å². The zero-order valence-electron chi connectivity index (χ0n) is 9.33. The number of amides is 1. The maximum Gasteiger partial charge on any atom is 0.222 e. The SMILES string of the molecule is CCCC1CC(=O)N(CC(C)CN)C1. The van der Waals surface area contributed by atoms with Gasteiger partial charge < -0.3 is 10.6 Å². The number of carbonyl (C=O) groups excluding carboxylic acids is 1. The Bertz CT molecular complexity index is 194. The lowest BCUT2D eigenvalue weighted by molar-refractivity contribution is -0.128. The van der Waals surface area contributed by atoms with Crippen LogP contribution in [0.2, 0.25) is 0 Å². The van der Waals surface area contributed by atoms with E-state index in [1.165, 1.54) is 12.8 Å². The molecule has 1 fully saturated rings. The second-order valence-corrected chi connectivity index (χ2v) is 4.50. The number of nitrogens with zero attached hydrogens (tertiary/aromatic N) is 1. The summed E-state index contributed by atoms with van der Waals surface area (Å²) in [5.41, 5.74) is 5.55. The van der Waals surface area contributed by atoms with Crippen molar-refractivity contribution in [2.75, 3.05) is 19.6 Å². The Hall–Kier alpha value is -0.570. The second kappa shape index (κ2) is 5.35. The molecule has 1 rings (SSSR count). The molecule has 2 atom stereocenters. The zero-order valence-corrected chi connectivity index (χ0v) is 9.33. The largest absolute Gasteiger partial charge is 0.342 e. The van der Waals surface area contributed by atoms with Gasteiger partial charge in [-0.05, 0) is 24.8 Å². The quantitative estimate of drug-likeness (QED) is 0.722. The molecule has 2 N–H and O–H groups in total. The van der Waals surface area contributed by atoms with E-state index in [1.807, 2.05) is 4.90 Å². The summed E-state index contributed by atoms with van der Waals surface area (Å²) in [6.45, 7) is 6.74. The molecule has 1 saturated heterocycles. The van der Waals surface area contributed by atoms with Gasteiger partial charge in [-0.3, -0.25) is 4.79 Å². The van der Waals surface area contributed by atoms with Crippen LogP contribution in [-0.2, 0) is 4.79 Å². The molecule has 3 heteroatoms. The van der Waals surface area contributed by atoms with Crippen LogP contribution in [0.3, 0.4) is 0 Å². The van der Waals surface area contributed by atoms with Crippen molar-refractivity contribution in [1.29, 1.82) is 0 Å². The predicted octanol–water partition coefficient (Wildman–Crippen LogP) is 1.23. The molecule has 0 bridgehead atoms. The van der Waals surface area contributed by atoms with Gasteiger partial charge in [0, 0.05) is 19.5 Å². The molecule has 82 valence electrons. The summed E-state index contributed by atoms with van der Waals surface area (Å²) in [5, 5.41) is 0. The van der Waals surface area contributed by atoms with Gasteiger partial charge in [-0.15, -0.1) is 0 Å². The third kappa shape index (κ3) is 2.98. The number of hydrogen-bond donors (Lipinski definition) is 1. The first kappa shape index (κ1) is 11.5. The monoisotopic (exact) mass is 198 g/mol. The summed E-state index contributed by atoms with van der Waals surface area (Å²) in [7, 11) is 0. The molecule has 3 nitrogen and oxygen atoms in total. The molecule has 0 aromatic carbocycles. The number of rotatable bonds is 5. The molecule has 1 aliphatic rings. The first-order valence-electron chi connectivity index (χ1n) is 5.65. The van der Waals surface area contributed by atoms with Crippen LogP contribution in [0.25, 0.3) is 0 Å². The number of hydrogen-bond acceptors (Lipinski definition) is 2. The maximum absolute atomic E-state index is 11.6. The van der Waals surface area contributed by atoms with Crippen LogP contribution in [0, 0.1) is 11.8 Å². The molecule has 2 unspecified atom stereocenters. The van der Waals surface area contributed by atoms with Crippen LogP contribution in [0.15, 0.2) is 0 Å². The van der Waals surface area contributed by atoms with Crippen LogP contribution in [0.4, 0.5) is 0 Å². The molecule has 0 aromatic heterocycles. The van der Waals surface area contributed by atoms with Crippen LogP contribution < -0.4 is 5.73 Å². The highest BCUT2D eigenvalue weighted by molar-refractivity contribution is 5.78. The van der Waals surface area contributed by atoms with Crippen molar-refractivity contribution in [3.05, 3.63) is 0 Å². The number of nitrogens with two attached hydrogens (primary N) is 1. The summed E-state index contributed by atoms with van der Waals surface area (Å²) in [5.74, 6) is 1.35. The molecule has 0 saturated carbocycles. The van der Waals surface area contributed by atoms with Gasteiger partial charge in [-0.2, -0.15) is 0 Å². The average molecular weight is 198 g/mol. The molecule has 0 radical (unpaired) electrons. The summed E-state index contributed by atoms with van der Waals surface area (Å²) >= 11 is 0. The summed E-state index contributed by atoms with van der Waals surface area (Å²) in [4.78, 5) is 13.6. The Balaban J connectivity index is 2.36. The minimum atomic E-state index is 0.323. The Labute approximate surface area is 86.6 Å². The van der Waals surface area contributed by atoms with Crippen LogP contribution in [0.5, 0.6) is 0 Å². The lowest BCUT2D eigenvalue weighted by Crippen LogP contribution is -2.32. The van der Waals surface area contributed by atoms with E-state index in [-0.39, 0.29) is 0 Å². The van der Waals surface area contributed by atoms with Gasteiger partial charge in [0.05, 0.1) is 0 Å². The Kier molecular flexibility index (Phi) is 4.39. The zero-order chi connectivity index (χ0) is 10.6. The van der Waals surface area contributed by atoms with Crippen molar-refractivity contribution < 1.29 is 4.79 Å². The maximum atomic E-state index is 11.6. The smallest absolute Gasteiger partial charge is 0.222 e. The predicted molar refractivity (Wildman–Crippen MR) is 57.8 cm³/mol. The van der Waals surface area contributed by atoms with Crippen molar-refractivity contribution in [3.63, 3.8) is 0 Å².